The van der Waals surface area contributed by atoms with Crippen molar-refractivity contribution >= 4 is 11.8 Å². The number of nitrogens with zero attached hydrogens (tertiary/aromatic N) is 1. The fraction of sp³-hybridized carbons (Fsp3) is 0.571. The van der Waals surface area contributed by atoms with Crippen LogP contribution in [0.1, 0.15) is 11.6 Å². The van der Waals surface area contributed by atoms with Gasteiger partial charge in [-0.1, -0.05) is 18.2 Å². The largest absolute Gasteiger partial charge is 0.383 e. The molecule has 0 bridgehead atoms. The maximum Gasteiger partial charge on any atom is 0.0589 e. The summed E-state index contributed by atoms with van der Waals surface area (Å²) >= 11 is 1.95. The molecule has 0 radical (unpaired) electrons. The number of hydrogen-bond acceptors (Lipinski definition) is 4. The number of rotatable bonds is 7. The van der Waals surface area contributed by atoms with Gasteiger partial charge in [0.15, 0.2) is 0 Å². The zero-order valence-corrected chi connectivity index (χ0v) is 12.0. The first-order chi connectivity index (χ1) is 8.81. The number of thioether (sulfide) groups is 1. The van der Waals surface area contributed by atoms with Gasteiger partial charge in [0.25, 0.3) is 0 Å². The van der Waals surface area contributed by atoms with Crippen molar-refractivity contribution in [1.82, 2.24) is 10.2 Å². The van der Waals surface area contributed by atoms with E-state index in [1.54, 1.807) is 7.11 Å². The molecule has 3 nitrogen and oxygen atoms in total. The summed E-state index contributed by atoms with van der Waals surface area (Å²) in [4.78, 5) is 3.73. The van der Waals surface area contributed by atoms with Crippen LogP contribution in [-0.2, 0) is 4.74 Å². The summed E-state index contributed by atoms with van der Waals surface area (Å²) < 4.78 is 5.07. The van der Waals surface area contributed by atoms with Crippen LogP contribution in [0.15, 0.2) is 29.2 Å². The minimum atomic E-state index is 0.516. The van der Waals surface area contributed by atoms with Gasteiger partial charge in [-0.3, -0.25) is 0 Å². The standard InChI is InChI=1S/C14H22N2OS/c1-16(9-10-17-2)8-7-15-13-11-18-14-6-4-3-5-12(13)14/h3-6,13,15H,7-11H2,1-2H3. The number of likely N-dealkylation sites (N-methyl/N-ethyl adjacent to an activating group) is 1. The Labute approximate surface area is 114 Å². The Kier molecular flexibility index (Phi) is 5.50. The minimum Gasteiger partial charge on any atom is -0.383 e. The maximum atomic E-state index is 5.07. The Morgan fingerprint density at radius 2 is 2.22 bits per heavy atom. The van der Waals surface area contributed by atoms with Gasteiger partial charge in [-0.15, -0.1) is 11.8 Å². The summed E-state index contributed by atoms with van der Waals surface area (Å²) in [5.41, 5.74) is 1.46. The molecule has 2 rings (SSSR count). The summed E-state index contributed by atoms with van der Waals surface area (Å²) in [6.45, 7) is 3.89. The van der Waals surface area contributed by atoms with Gasteiger partial charge < -0.3 is 15.0 Å². The van der Waals surface area contributed by atoms with Crippen LogP contribution in [0, 0.1) is 0 Å². The Hall–Kier alpha value is -0.550. The predicted molar refractivity (Wildman–Crippen MR) is 77.3 cm³/mol. The highest BCUT2D eigenvalue weighted by Gasteiger charge is 2.21. The van der Waals surface area contributed by atoms with Gasteiger partial charge in [0, 0.05) is 43.4 Å². The Bertz CT molecular complexity index is 373. The van der Waals surface area contributed by atoms with Crippen molar-refractivity contribution in [2.45, 2.75) is 10.9 Å². The van der Waals surface area contributed by atoms with E-state index >= 15 is 0 Å². The van der Waals surface area contributed by atoms with E-state index in [4.69, 9.17) is 4.74 Å². The molecule has 1 atom stereocenters. The monoisotopic (exact) mass is 266 g/mol. The van der Waals surface area contributed by atoms with Crippen molar-refractivity contribution < 1.29 is 4.74 Å². The van der Waals surface area contributed by atoms with Gasteiger partial charge >= 0.3 is 0 Å². The average molecular weight is 266 g/mol. The molecule has 1 aliphatic heterocycles. The minimum absolute atomic E-state index is 0.516. The van der Waals surface area contributed by atoms with E-state index in [1.165, 1.54) is 10.5 Å². The van der Waals surface area contributed by atoms with Crippen LogP contribution in [0.5, 0.6) is 0 Å². The lowest BCUT2D eigenvalue weighted by atomic mass is 10.1. The summed E-state index contributed by atoms with van der Waals surface area (Å²) in [5.74, 6) is 1.15. The second-order valence-electron chi connectivity index (χ2n) is 4.65. The highest BCUT2D eigenvalue weighted by molar-refractivity contribution is 7.99. The molecule has 0 spiro atoms. The molecule has 0 saturated heterocycles. The number of nitrogens with one attached hydrogen (secondary N) is 1. The number of hydrogen-bond donors (Lipinski definition) is 1. The molecule has 0 aliphatic carbocycles. The number of ether oxygens (including phenoxy) is 1. The van der Waals surface area contributed by atoms with E-state index in [0.29, 0.717) is 6.04 Å². The van der Waals surface area contributed by atoms with E-state index < -0.39 is 0 Å². The number of benzene rings is 1. The molecule has 1 aliphatic rings. The SMILES string of the molecule is COCCN(C)CCNC1CSc2ccccc21. The van der Waals surface area contributed by atoms with E-state index in [2.05, 4.69) is 41.5 Å². The zero-order valence-electron chi connectivity index (χ0n) is 11.2. The summed E-state index contributed by atoms with van der Waals surface area (Å²) in [5, 5.41) is 3.64. The summed E-state index contributed by atoms with van der Waals surface area (Å²) in [6, 6.07) is 9.22. The van der Waals surface area contributed by atoms with Crippen LogP contribution in [0.3, 0.4) is 0 Å². The topological polar surface area (TPSA) is 24.5 Å². The highest BCUT2D eigenvalue weighted by atomic mass is 32.2. The van der Waals surface area contributed by atoms with Gasteiger partial charge in [0.2, 0.25) is 0 Å². The van der Waals surface area contributed by atoms with Gasteiger partial charge in [-0.2, -0.15) is 0 Å². The molecule has 1 aromatic rings. The first kappa shape index (κ1) is 13.9. The van der Waals surface area contributed by atoms with Crippen LogP contribution >= 0.6 is 11.8 Å². The predicted octanol–water partition coefficient (Wildman–Crippen LogP) is 2.00. The van der Waals surface area contributed by atoms with Crippen LogP contribution < -0.4 is 5.32 Å². The van der Waals surface area contributed by atoms with Crippen molar-refractivity contribution in [2.75, 3.05) is 46.2 Å². The number of fused-ring (bicyclic) bond motifs is 1. The summed E-state index contributed by atoms with van der Waals surface area (Å²) in [6.07, 6.45) is 0. The lowest BCUT2D eigenvalue weighted by Crippen LogP contribution is -2.33. The van der Waals surface area contributed by atoms with Gasteiger partial charge in [-0.05, 0) is 18.7 Å². The zero-order chi connectivity index (χ0) is 12.8. The molecule has 1 N–H and O–H groups in total. The molecule has 18 heavy (non-hydrogen) atoms. The maximum absolute atomic E-state index is 5.07. The van der Waals surface area contributed by atoms with E-state index in [0.717, 1.165) is 32.0 Å². The van der Waals surface area contributed by atoms with E-state index in [-0.39, 0.29) is 0 Å². The highest BCUT2D eigenvalue weighted by Crippen LogP contribution is 2.37. The molecule has 0 saturated carbocycles. The third-order valence-corrected chi connectivity index (χ3v) is 4.44. The molecule has 0 amide bonds. The van der Waals surface area contributed by atoms with Crippen LogP contribution in [-0.4, -0.2) is 51.1 Å². The molecular weight excluding hydrogens is 244 g/mol. The second-order valence-corrected chi connectivity index (χ2v) is 5.71. The molecule has 0 fully saturated rings. The van der Waals surface area contributed by atoms with Crippen molar-refractivity contribution in [3.05, 3.63) is 29.8 Å². The Morgan fingerprint density at radius 1 is 1.39 bits per heavy atom. The fourth-order valence-electron chi connectivity index (χ4n) is 2.12. The van der Waals surface area contributed by atoms with Gasteiger partial charge in [0.1, 0.15) is 0 Å². The molecule has 4 heteroatoms. The third kappa shape index (κ3) is 3.72. The van der Waals surface area contributed by atoms with Gasteiger partial charge in [0.05, 0.1) is 6.61 Å². The third-order valence-electron chi connectivity index (χ3n) is 3.26. The molecule has 0 aromatic heterocycles. The normalized spacial score (nSPS) is 18.3. The van der Waals surface area contributed by atoms with Crippen molar-refractivity contribution in [1.29, 1.82) is 0 Å². The molecule has 1 aromatic carbocycles. The second kappa shape index (κ2) is 7.14. The Balaban J connectivity index is 1.72. The lowest BCUT2D eigenvalue weighted by molar-refractivity contribution is 0.161. The first-order valence-electron chi connectivity index (χ1n) is 6.44. The lowest BCUT2D eigenvalue weighted by Gasteiger charge is -2.18. The van der Waals surface area contributed by atoms with E-state index in [1.807, 2.05) is 11.8 Å². The van der Waals surface area contributed by atoms with E-state index in [9.17, 15) is 0 Å². The van der Waals surface area contributed by atoms with Crippen molar-refractivity contribution in [3.8, 4) is 0 Å². The summed E-state index contributed by atoms with van der Waals surface area (Å²) in [7, 11) is 3.89. The molecule has 1 unspecified atom stereocenters. The smallest absolute Gasteiger partial charge is 0.0589 e. The molecule has 100 valence electrons. The number of methoxy groups -OCH3 is 1. The quantitative estimate of drug-likeness (QED) is 0.816. The van der Waals surface area contributed by atoms with Crippen LogP contribution in [0.25, 0.3) is 0 Å². The first-order valence-corrected chi connectivity index (χ1v) is 7.42. The molecular formula is C14H22N2OS. The Morgan fingerprint density at radius 3 is 3.06 bits per heavy atom. The fourth-order valence-corrected chi connectivity index (χ4v) is 3.32. The van der Waals surface area contributed by atoms with Crippen molar-refractivity contribution in [2.24, 2.45) is 0 Å². The van der Waals surface area contributed by atoms with Gasteiger partial charge in [-0.25, -0.2) is 0 Å². The average Bonchev–Trinajstić information content (AvgIpc) is 2.80. The van der Waals surface area contributed by atoms with Crippen LogP contribution in [0.2, 0.25) is 0 Å². The van der Waals surface area contributed by atoms with Crippen molar-refractivity contribution in [3.63, 3.8) is 0 Å². The van der Waals surface area contributed by atoms with Crippen LogP contribution in [0.4, 0.5) is 0 Å². The molecule has 1 heterocycles.